The second kappa shape index (κ2) is 7.77. The number of Topliss-reactive ketones (excluding diaryl/α,β-unsaturated/α-hetero) is 1. The Morgan fingerprint density at radius 2 is 2.29 bits per heavy atom. The van der Waals surface area contributed by atoms with Gasteiger partial charge >= 0.3 is 0 Å². The first kappa shape index (κ1) is 18.7. The minimum Gasteiger partial charge on any atom is -0.491 e. The highest BCUT2D eigenvalue weighted by Gasteiger charge is 2.38. The van der Waals surface area contributed by atoms with Gasteiger partial charge in [0.15, 0.2) is 17.9 Å². The fourth-order valence-electron chi connectivity index (χ4n) is 3.50. The monoisotopic (exact) mass is 400 g/mol. The van der Waals surface area contributed by atoms with Gasteiger partial charge in [-0.1, -0.05) is 35.9 Å². The number of allylic oxidation sites excluding steroid dienone is 3. The number of nitrogens with zero attached hydrogens (tertiary/aromatic N) is 2. The van der Waals surface area contributed by atoms with E-state index in [0.717, 1.165) is 24.3 Å². The van der Waals surface area contributed by atoms with Crippen molar-refractivity contribution in [3.05, 3.63) is 52.6 Å². The first-order valence-electron chi connectivity index (χ1n) is 9.24. The molecule has 0 bridgehead atoms. The van der Waals surface area contributed by atoms with Gasteiger partial charge in [0.05, 0.1) is 16.6 Å². The van der Waals surface area contributed by atoms with Crippen LogP contribution in [-0.2, 0) is 4.79 Å². The molecule has 2 aliphatic heterocycles. The van der Waals surface area contributed by atoms with Crippen molar-refractivity contribution in [3.8, 4) is 5.75 Å². The number of amides is 1. The number of fused-ring (bicyclic) bond motifs is 1. The van der Waals surface area contributed by atoms with E-state index in [4.69, 9.17) is 16.3 Å². The van der Waals surface area contributed by atoms with Crippen LogP contribution in [0.5, 0.6) is 5.75 Å². The Hall–Kier alpha value is -2.64. The molecule has 2 unspecified atom stereocenters. The summed E-state index contributed by atoms with van der Waals surface area (Å²) in [5.41, 5.74) is 1.44. The third-order valence-corrected chi connectivity index (χ3v) is 5.20. The number of ether oxygens (including phenoxy) is 1. The van der Waals surface area contributed by atoms with Crippen LogP contribution >= 0.6 is 11.6 Å². The van der Waals surface area contributed by atoms with E-state index in [1.54, 1.807) is 18.2 Å². The number of hydrogen-bond acceptors (Lipinski definition) is 6. The Bertz CT molecular complexity index is 909. The molecule has 7 nitrogen and oxygen atoms in total. The molecular formula is C20H21ClN4O3. The van der Waals surface area contributed by atoms with Gasteiger partial charge in [0.2, 0.25) is 5.91 Å². The molecule has 4 rings (SSSR count). The maximum atomic E-state index is 12.5. The highest BCUT2D eigenvalue weighted by atomic mass is 35.5. The minimum atomic E-state index is -0.400. The molecule has 1 amide bonds. The lowest BCUT2D eigenvalue weighted by Gasteiger charge is -2.33. The maximum absolute atomic E-state index is 12.5. The van der Waals surface area contributed by atoms with Crippen LogP contribution in [0.15, 0.2) is 47.1 Å². The SMILES string of the molecule is CC(=O)c1c(Cl)cccc1OCC1CC(=O)N2N=C(C3=CC=CCC3)NC2N1. The van der Waals surface area contributed by atoms with Crippen LogP contribution in [0.25, 0.3) is 0 Å². The minimum absolute atomic E-state index is 0.0790. The van der Waals surface area contributed by atoms with Crippen molar-refractivity contribution in [3.63, 3.8) is 0 Å². The lowest BCUT2D eigenvalue weighted by atomic mass is 10.0. The molecule has 146 valence electrons. The Morgan fingerprint density at radius 1 is 1.43 bits per heavy atom. The number of benzene rings is 1. The third kappa shape index (κ3) is 3.68. The van der Waals surface area contributed by atoms with E-state index in [1.165, 1.54) is 11.9 Å². The van der Waals surface area contributed by atoms with E-state index in [1.807, 2.05) is 12.2 Å². The number of hydrazone groups is 1. The second-order valence-corrected chi connectivity index (χ2v) is 7.35. The predicted octanol–water partition coefficient (Wildman–Crippen LogP) is 2.59. The predicted molar refractivity (Wildman–Crippen MR) is 106 cm³/mol. The van der Waals surface area contributed by atoms with Gasteiger partial charge in [-0.15, -0.1) is 5.10 Å². The summed E-state index contributed by atoms with van der Waals surface area (Å²) < 4.78 is 5.83. The second-order valence-electron chi connectivity index (χ2n) is 6.94. The number of halogens is 1. The van der Waals surface area contributed by atoms with Crippen LogP contribution in [0.1, 0.15) is 36.5 Å². The number of carbonyl (C=O) groups excluding carboxylic acids is 2. The standard InChI is InChI=1S/C20H21ClN4O3/c1-12(26)18-15(21)8-5-9-16(18)28-11-14-10-17(27)25-20(22-14)23-19(24-25)13-6-3-2-4-7-13/h2-3,5-6,8-9,14,20,22H,4,7,10-11H2,1H3,(H,23,24). The average Bonchev–Trinajstić information content (AvgIpc) is 3.11. The van der Waals surface area contributed by atoms with Crippen molar-refractivity contribution in [1.29, 1.82) is 0 Å². The first-order valence-corrected chi connectivity index (χ1v) is 9.62. The van der Waals surface area contributed by atoms with Crippen molar-refractivity contribution in [2.24, 2.45) is 5.10 Å². The molecule has 0 saturated carbocycles. The number of nitrogens with one attached hydrogen (secondary N) is 2. The number of hydrogen-bond donors (Lipinski definition) is 2. The number of rotatable bonds is 5. The topological polar surface area (TPSA) is 83.0 Å². The summed E-state index contributed by atoms with van der Waals surface area (Å²) in [6.07, 6.45) is 7.84. The molecule has 0 radical (unpaired) electrons. The lowest BCUT2D eigenvalue weighted by molar-refractivity contribution is -0.138. The lowest BCUT2D eigenvalue weighted by Crippen LogP contribution is -2.61. The van der Waals surface area contributed by atoms with Gasteiger partial charge in [0, 0.05) is 6.42 Å². The Labute approximate surface area is 168 Å². The number of carbonyl (C=O) groups is 2. The van der Waals surface area contributed by atoms with Crippen molar-refractivity contribution in [1.82, 2.24) is 15.6 Å². The molecule has 1 aromatic carbocycles. The van der Waals surface area contributed by atoms with E-state index in [0.29, 0.717) is 16.3 Å². The number of ketones is 1. The summed E-state index contributed by atoms with van der Waals surface area (Å²) in [5, 5.41) is 12.9. The Morgan fingerprint density at radius 3 is 3.04 bits per heavy atom. The summed E-state index contributed by atoms with van der Waals surface area (Å²) in [7, 11) is 0. The summed E-state index contributed by atoms with van der Waals surface area (Å²) in [6, 6.07) is 4.88. The van der Waals surface area contributed by atoms with Crippen LogP contribution in [0.2, 0.25) is 5.02 Å². The van der Waals surface area contributed by atoms with Crippen molar-refractivity contribution in [2.45, 2.75) is 38.5 Å². The molecule has 0 aromatic heterocycles. The molecule has 3 aliphatic rings. The van der Waals surface area contributed by atoms with Crippen LogP contribution < -0.4 is 15.4 Å². The summed E-state index contributed by atoms with van der Waals surface area (Å²) in [6.45, 7) is 1.68. The molecule has 1 fully saturated rings. The fraction of sp³-hybridized carbons (Fsp3) is 0.350. The smallest absolute Gasteiger partial charge is 0.247 e. The molecular weight excluding hydrogens is 380 g/mol. The third-order valence-electron chi connectivity index (χ3n) is 4.88. The van der Waals surface area contributed by atoms with Gasteiger partial charge in [0.1, 0.15) is 12.4 Å². The fourth-order valence-corrected chi connectivity index (χ4v) is 3.80. The van der Waals surface area contributed by atoms with Gasteiger partial charge in [-0.25, -0.2) is 0 Å². The zero-order valence-electron chi connectivity index (χ0n) is 15.4. The highest BCUT2D eigenvalue weighted by Crippen LogP contribution is 2.27. The molecule has 2 atom stereocenters. The molecule has 0 spiro atoms. The van der Waals surface area contributed by atoms with Crippen LogP contribution in [0, 0.1) is 0 Å². The Kier molecular flexibility index (Phi) is 5.19. The van der Waals surface area contributed by atoms with Gasteiger partial charge < -0.3 is 10.1 Å². The van der Waals surface area contributed by atoms with E-state index in [-0.39, 0.29) is 30.8 Å². The molecule has 1 aromatic rings. The van der Waals surface area contributed by atoms with Gasteiger partial charge in [-0.2, -0.15) is 5.01 Å². The molecule has 1 saturated heterocycles. The van der Waals surface area contributed by atoms with E-state index in [2.05, 4.69) is 21.8 Å². The van der Waals surface area contributed by atoms with E-state index < -0.39 is 6.29 Å². The molecule has 2 N–H and O–H groups in total. The number of amidine groups is 1. The molecule has 28 heavy (non-hydrogen) atoms. The molecule has 2 heterocycles. The van der Waals surface area contributed by atoms with Gasteiger partial charge in [-0.3, -0.25) is 14.9 Å². The first-order chi connectivity index (χ1) is 13.5. The zero-order valence-corrected chi connectivity index (χ0v) is 16.2. The largest absolute Gasteiger partial charge is 0.491 e. The zero-order chi connectivity index (χ0) is 19.7. The quantitative estimate of drug-likeness (QED) is 0.742. The van der Waals surface area contributed by atoms with E-state index >= 15 is 0 Å². The normalized spacial score (nSPS) is 23.6. The summed E-state index contributed by atoms with van der Waals surface area (Å²) in [5.74, 6) is 0.909. The van der Waals surface area contributed by atoms with Gasteiger partial charge in [-0.05, 0) is 37.5 Å². The highest BCUT2D eigenvalue weighted by molar-refractivity contribution is 6.34. The average molecular weight is 401 g/mol. The van der Waals surface area contributed by atoms with Crippen LogP contribution in [0.4, 0.5) is 0 Å². The van der Waals surface area contributed by atoms with Crippen molar-refractivity contribution in [2.75, 3.05) is 6.61 Å². The molecule has 1 aliphatic carbocycles. The van der Waals surface area contributed by atoms with Crippen molar-refractivity contribution >= 4 is 29.1 Å². The summed E-state index contributed by atoms with van der Waals surface area (Å²) in [4.78, 5) is 24.4. The molecule has 8 heteroatoms. The van der Waals surface area contributed by atoms with E-state index in [9.17, 15) is 9.59 Å². The van der Waals surface area contributed by atoms with Gasteiger partial charge in [0.25, 0.3) is 0 Å². The Balaban J connectivity index is 1.42. The van der Waals surface area contributed by atoms with Crippen molar-refractivity contribution < 1.29 is 14.3 Å². The maximum Gasteiger partial charge on any atom is 0.247 e. The van der Waals surface area contributed by atoms with Crippen LogP contribution in [-0.4, -0.2) is 41.5 Å². The summed E-state index contributed by atoms with van der Waals surface area (Å²) >= 11 is 6.12. The van der Waals surface area contributed by atoms with Crippen LogP contribution in [0.3, 0.4) is 0 Å².